The number of esters is 1. The third-order valence-electron chi connectivity index (χ3n) is 7.43. The van der Waals surface area contributed by atoms with Crippen LogP contribution in [0.25, 0.3) is 0 Å². The molecule has 0 aliphatic carbocycles. The number of rotatable bonds is 20. The summed E-state index contributed by atoms with van der Waals surface area (Å²) in [5.74, 6) is -2.41. The van der Waals surface area contributed by atoms with E-state index in [-0.39, 0.29) is 37.5 Å². The smallest absolute Gasteiger partial charge is 0.308 e. The van der Waals surface area contributed by atoms with Gasteiger partial charge < -0.3 is 45.7 Å². The highest BCUT2D eigenvalue weighted by Crippen LogP contribution is 2.20. The fourth-order valence-corrected chi connectivity index (χ4v) is 4.93. The van der Waals surface area contributed by atoms with E-state index in [1.807, 2.05) is 6.92 Å². The molecule has 0 saturated heterocycles. The number of aliphatic hydroxyl groups excluding tert-OH is 1. The number of nitrogens with two attached hydrogens (primary N) is 1. The van der Waals surface area contributed by atoms with Crippen molar-refractivity contribution in [1.29, 1.82) is 0 Å². The highest BCUT2D eigenvalue weighted by molar-refractivity contribution is 5.93. The minimum absolute atomic E-state index is 0.0931. The number of aromatic hydroxyl groups is 1. The highest BCUT2D eigenvalue weighted by atomic mass is 16.7. The molecule has 0 aliphatic heterocycles. The maximum absolute atomic E-state index is 14.0. The molecule has 0 bridgehead atoms. The van der Waals surface area contributed by atoms with Gasteiger partial charge in [-0.15, -0.1) is 0 Å². The van der Waals surface area contributed by atoms with Crippen molar-refractivity contribution < 1.29 is 43.6 Å². The summed E-state index contributed by atoms with van der Waals surface area (Å²) in [6.07, 6.45) is -1.03. The fourth-order valence-electron chi connectivity index (χ4n) is 4.93. The molecule has 268 valence electrons. The largest absolute Gasteiger partial charge is 0.508 e. The molecule has 0 radical (unpaired) electrons. The molecule has 1 aromatic rings. The molecule has 1 aromatic carbocycles. The molecule has 0 heterocycles. The first-order valence-electron chi connectivity index (χ1n) is 16.5. The van der Waals surface area contributed by atoms with E-state index < -0.39 is 65.9 Å². The number of nitrogens with one attached hydrogen (secondary N) is 2. The van der Waals surface area contributed by atoms with Crippen LogP contribution < -0.4 is 16.4 Å². The fraction of sp³-hybridized carbons (Fsp3) is 0.706. The summed E-state index contributed by atoms with van der Waals surface area (Å²) in [5.41, 5.74) is 6.14. The van der Waals surface area contributed by atoms with Gasteiger partial charge in [0, 0.05) is 32.2 Å². The minimum Gasteiger partial charge on any atom is -0.508 e. The summed E-state index contributed by atoms with van der Waals surface area (Å²) >= 11 is 0. The van der Waals surface area contributed by atoms with Crippen LogP contribution in [0.1, 0.15) is 87.1 Å². The van der Waals surface area contributed by atoms with Gasteiger partial charge in [-0.2, -0.15) is 0 Å². The van der Waals surface area contributed by atoms with Crippen LogP contribution in [-0.2, 0) is 39.8 Å². The van der Waals surface area contributed by atoms with Gasteiger partial charge in [0.15, 0.2) is 6.29 Å². The molecule has 13 nitrogen and oxygen atoms in total. The monoisotopic (exact) mass is 666 g/mol. The second kappa shape index (κ2) is 20.2. The summed E-state index contributed by atoms with van der Waals surface area (Å²) in [4.78, 5) is 55.0. The molecule has 6 atom stereocenters. The lowest BCUT2D eigenvalue weighted by Gasteiger charge is -2.36. The van der Waals surface area contributed by atoms with Gasteiger partial charge in [0.1, 0.15) is 23.4 Å². The molecular formula is C34H58N4O9. The number of phenols is 1. The van der Waals surface area contributed by atoms with Crippen molar-refractivity contribution in [2.24, 2.45) is 11.7 Å². The summed E-state index contributed by atoms with van der Waals surface area (Å²) in [5, 5.41) is 25.4. The van der Waals surface area contributed by atoms with Gasteiger partial charge in [-0.25, -0.2) is 0 Å². The molecule has 0 fully saturated rings. The van der Waals surface area contributed by atoms with E-state index in [2.05, 4.69) is 10.6 Å². The number of phenolic OH excluding ortho intramolecular Hbond substituents is 1. The van der Waals surface area contributed by atoms with Crippen LogP contribution >= 0.6 is 0 Å². The second-order valence-electron chi connectivity index (χ2n) is 12.9. The predicted octanol–water partition coefficient (Wildman–Crippen LogP) is 2.40. The Hall–Kier alpha value is -3.26. The zero-order valence-electron chi connectivity index (χ0n) is 29.6. The van der Waals surface area contributed by atoms with E-state index >= 15 is 0 Å². The van der Waals surface area contributed by atoms with Crippen LogP contribution in [0, 0.1) is 5.92 Å². The average molecular weight is 667 g/mol. The van der Waals surface area contributed by atoms with Gasteiger partial charge in [0.05, 0.1) is 18.6 Å². The van der Waals surface area contributed by atoms with Crippen molar-refractivity contribution in [3.63, 3.8) is 0 Å². The lowest BCUT2D eigenvalue weighted by atomic mass is 9.97. The molecule has 1 unspecified atom stereocenters. The number of hydrogen-bond donors (Lipinski definition) is 5. The van der Waals surface area contributed by atoms with Crippen LogP contribution in [0.15, 0.2) is 24.3 Å². The van der Waals surface area contributed by atoms with Crippen molar-refractivity contribution in [3.8, 4) is 5.75 Å². The third kappa shape index (κ3) is 15.5. The van der Waals surface area contributed by atoms with E-state index in [1.54, 1.807) is 53.7 Å². The number of aliphatic hydroxyl groups is 1. The Labute approximate surface area is 279 Å². The minimum atomic E-state index is -1.09. The SMILES string of the molecule is CCOC(C[C@H](CC(=O)OC(C)(C)C)N(CC(C)O)C(=O)[C@H](C)NC(=O)[C@@H](NC(=O)[C@@H](N)Cc1ccc(O)cc1)[C@@H](C)CC)OCC. The molecule has 0 aliphatic rings. The quantitative estimate of drug-likeness (QED) is 0.102. The molecule has 0 spiro atoms. The van der Waals surface area contributed by atoms with E-state index in [9.17, 15) is 29.4 Å². The van der Waals surface area contributed by atoms with Crippen LogP contribution in [0.5, 0.6) is 5.75 Å². The lowest BCUT2D eigenvalue weighted by molar-refractivity contribution is -0.165. The van der Waals surface area contributed by atoms with Crippen molar-refractivity contribution in [2.45, 2.75) is 130 Å². The Morgan fingerprint density at radius 2 is 1.51 bits per heavy atom. The summed E-state index contributed by atoms with van der Waals surface area (Å²) in [6, 6.07) is 2.49. The van der Waals surface area contributed by atoms with E-state index in [0.717, 1.165) is 5.56 Å². The molecular weight excluding hydrogens is 608 g/mol. The van der Waals surface area contributed by atoms with E-state index in [0.29, 0.717) is 19.6 Å². The average Bonchev–Trinajstić information content (AvgIpc) is 2.97. The van der Waals surface area contributed by atoms with Gasteiger partial charge in [-0.05, 0) is 78.5 Å². The van der Waals surface area contributed by atoms with Crippen molar-refractivity contribution in [3.05, 3.63) is 29.8 Å². The topological polar surface area (TPSA) is 190 Å². The van der Waals surface area contributed by atoms with Crippen LogP contribution in [-0.4, -0.2) is 101 Å². The molecule has 47 heavy (non-hydrogen) atoms. The molecule has 0 saturated carbocycles. The molecule has 0 aromatic heterocycles. The standard InChI is InChI=1S/C34H58N4O9/c1-10-21(4)30(37-31(42)27(35)17-24-13-15-26(40)16-14-24)32(43)36-23(6)33(44)38(20-22(5)39)25(18-28(41)47-34(7,8)9)19-29(45-11-2)46-12-3/h13-16,21-23,25,27,29-30,39-40H,10-12,17-20,35H2,1-9H3,(H,36,43)(H,37,42)/t21-,22?,23-,25-,27-,30-/m0/s1. The van der Waals surface area contributed by atoms with Crippen LogP contribution in [0.2, 0.25) is 0 Å². The molecule has 3 amide bonds. The Morgan fingerprint density at radius 1 is 0.936 bits per heavy atom. The van der Waals surface area contributed by atoms with Crippen LogP contribution in [0.4, 0.5) is 0 Å². The van der Waals surface area contributed by atoms with E-state index in [1.165, 1.54) is 30.9 Å². The van der Waals surface area contributed by atoms with Crippen LogP contribution in [0.3, 0.4) is 0 Å². The maximum Gasteiger partial charge on any atom is 0.308 e. The number of nitrogens with zero attached hydrogens (tertiary/aromatic N) is 1. The number of ether oxygens (including phenoxy) is 3. The van der Waals surface area contributed by atoms with Gasteiger partial charge in [0.25, 0.3) is 0 Å². The van der Waals surface area contributed by atoms with E-state index in [4.69, 9.17) is 19.9 Å². The zero-order valence-corrected chi connectivity index (χ0v) is 29.6. The molecule has 1 rings (SSSR count). The Morgan fingerprint density at radius 3 is 2.00 bits per heavy atom. The lowest BCUT2D eigenvalue weighted by Crippen LogP contribution is -2.59. The van der Waals surface area contributed by atoms with Crippen molar-refractivity contribution in [1.82, 2.24) is 15.5 Å². The zero-order chi connectivity index (χ0) is 35.9. The first-order chi connectivity index (χ1) is 21.9. The first-order valence-corrected chi connectivity index (χ1v) is 16.5. The second-order valence-corrected chi connectivity index (χ2v) is 12.9. The normalized spacial score (nSPS) is 15.6. The summed E-state index contributed by atoms with van der Waals surface area (Å²) in [6.45, 7) is 16.1. The van der Waals surface area contributed by atoms with Gasteiger partial charge in [-0.1, -0.05) is 32.4 Å². The Balaban J connectivity index is 3.23. The number of hydrogen-bond acceptors (Lipinski definition) is 10. The third-order valence-corrected chi connectivity index (χ3v) is 7.43. The predicted molar refractivity (Wildman–Crippen MR) is 178 cm³/mol. The number of amides is 3. The van der Waals surface area contributed by atoms with Crippen molar-refractivity contribution >= 4 is 23.7 Å². The summed E-state index contributed by atoms with van der Waals surface area (Å²) in [7, 11) is 0. The number of carbonyl (C=O) groups excluding carboxylic acids is 4. The van der Waals surface area contributed by atoms with Gasteiger partial charge >= 0.3 is 5.97 Å². The number of carbonyl (C=O) groups is 4. The molecule has 13 heteroatoms. The summed E-state index contributed by atoms with van der Waals surface area (Å²) < 4.78 is 17.0. The Bertz CT molecular complexity index is 1120. The van der Waals surface area contributed by atoms with Crippen molar-refractivity contribution in [2.75, 3.05) is 19.8 Å². The number of benzene rings is 1. The Kier molecular flexibility index (Phi) is 17.9. The first kappa shape index (κ1) is 41.8. The van der Waals surface area contributed by atoms with Gasteiger partial charge in [-0.3, -0.25) is 19.2 Å². The van der Waals surface area contributed by atoms with Gasteiger partial charge in [0.2, 0.25) is 17.7 Å². The maximum atomic E-state index is 14.0. The highest BCUT2D eigenvalue weighted by Gasteiger charge is 2.36. The molecule has 6 N–H and O–H groups in total.